The van der Waals surface area contributed by atoms with Crippen molar-refractivity contribution in [2.75, 3.05) is 41.8 Å². The van der Waals surface area contributed by atoms with E-state index in [1.807, 2.05) is 43.3 Å². The number of rotatable bonds is 6. The molecular formula is C25H27N5O3. The highest BCUT2D eigenvalue weighted by Crippen LogP contribution is 2.24. The molecule has 2 heterocycles. The Bertz CT molecular complexity index is 1110. The second kappa shape index (κ2) is 10.6. The van der Waals surface area contributed by atoms with E-state index in [-0.39, 0.29) is 11.9 Å². The number of ether oxygens (including phenoxy) is 1. The van der Waals surface area contributed by atoms with Crippen molar-refractivity contribution < 1.29 is 14.3 Å². The lowest BCUT2D eigenvalue weighted by Crippen LogP contribution is -2.38. The summed E-state index contributed by atoms with van der Waals surface area (Å²) < 4.78 is 5.42. The number of aromatic nitrogens is 1. The third-order valence-corrected chi connectivity index (χ3v) is 5.48. The SMILES string of the molecule is Cc1c(NC(=O)NCc2cccnc2N2CCOCC2)cccc1NC(=O)c1ccccc1. The molecule has 8 heteroatoms. The van der Waals surface area contributed by atoms with Gasteiger partial charge in [0.15, 0.2) is 0 Å². The molecule has 1 aromatic heterocycles. The normalized spacial score (nSPS) is 13.3. The highest BCUT2D eigenvalue weighted by atomic mass is 16.5. The Morgan fingerprint density at radius 2 is 1.67 bits per heavy atom. The summed E-state index contributed by atoms with van der Waals surface area (Å²) in [6, 6.07) is 17.9. The van der Waals surface area contributed by atoms with Crippen molar-refractivity contribution in [2.45, 2.75) is 13.5 Å². The molecule has 0 spiro atoms. The van der Waals surface area contributed by atoms with Crippen LogP contribution >= 0.6 is 0 Å². The molecule has 4 rings (SSSR count). The summed E-state index contributed by atoms with van der Waals surface area (Å²) >= 11 is 0. The number of urea groups is 1. The molecule has 1 saturated heterocycles. The largest absolute Gasteiger partial charge is 0.378 e. The maximum atomic E-state index is 12.6. The van der Waals surface area contributed by atoms with E-state index in [1.54, 1.807) is 30.5 Å². The van der Waals surface area contributed by atoms with Gasteiger partial charge in [0.05, 0.1) is 13.2 Å². The topological polar surface area (TPSA) is 95.6 Å². The highest BCUT2D eigenvalue weighted by molar-refractivity contribution is 6.05. The molecule has 1 fully saturated rings. The van der Waals surface area contributed by atoms with Gasteiger partial charge in [-0.1, -0.05) is 30.3 Å². The van der Waals surface area contributed by atoms with Gasteiger partial charge in [-0.3, -0.25) is 4.79 Å². The summed E-state index contributed by atoms with van der Waals surface area (Å²) in [6.45, 7) is 5.08. The number of amides is 3. The first kappa shape index (κ1) is 22.3. The Morgan fingerprint density at radius 1 is 0.939 bits per heavy atom. The summed E-state index contributed by atoms with van der Waals surface area (Å²) in [6.07, 6.45) is 1.76. The number of carbonyl (C=O) groups is 2. The van der Waals surface area contributed by atoms with Crippen molar-refractivity contribution in [1.82, 2.24) is 10.3 Å². The van der Waals surface area contributed by atoms with Gasteiger partial charge in [0.25, 0.3) is 5.91 Å². The molecule has 0 unspecified atom stereocenters. The highest BCUT2D eigenvalue weighted by Gasteiger charge is 2.16. The van der Waals surface area contributed by atoms with Crippen LogP contribution in [-0.2, 0) is 11.3 Å². The Balaban J connectivity index is 1.38. The second-order valence-electron chi connectivity index (χ2n) is 7.69. The zero-order valence-corrected chi connectivity index (χ0v) is 18.5. The maximum absolute atomic E-state index is 12.6. The van der Waals surface area contributed by atoms with Gasteiger partial charge in [-0.2, -0.15) is 0 Å². The molecule has 3 amide bonds. The van der Waals surface area contributed by atoms with Crippen molar-refractivity contribution in [2.24, 2.45) is 0 Å². The monoisotopic (exact) mass is 445 g/mol. The van der Waals surface area contributed by atoms with Crippen LogP contribution in [0, 0.1) is 6.92 Å². The first-order valence-corrected chi connectivity index (χ1v) is 10.9. The van der Waals surface area contributed by atoms with E-state index in [9.17, 15) is 9.59 Å². The minimum absolute atomic E-state index is 0.201. The third kappa shape index (κ3) is 5.67. The number of nitrogens with one attached hydrogen (secondary N) is 3. The molecule has 0 saturated carbocycles. The van der Waals surface area contributed by atoms with Crippen LogP contribution in [0.4, 0.5) is 22.0 Å². The van der Waals surface area contributed by atoms with E-state index in [4.69, 9.17) is 4.74 Å². The Hall–Kier alpha value is -3.91. The molecule has 170 valence electrons. The fourth-order valence-electron chi connectivity index (χ4n) is 3.66. The molecule has 1 aliphatic rings. The molecule has 0 atom stereocenters. The van der Waals surface area contributed by atoms with E-state index in [2.05, 4.69) is 25.8 Å². The van der Waals surface area contributed by atoms with Gasteiger partial charge >= 0.3 is 6.03 Å². The van der Waals surface area contributed by atoms with E-state index in [0.29, 0.717) is 36.7 Å². The molecule has 1 aliphatic heterocycles. The van der Waals surface area contributed by atoms with Crippen LogP contribution in [0.1, 0.15) is 21.5 Å². The third-order valence-electron chi connectivity index (χ3n) is 5.48. The van der Waals surface area contributed by atoms with E-state index in [0.717, 1.165) is 30.0 Å². The quantitative estimate of drug-likeness (QED) is 0.536. The summed E-state index contributed by atoms with van der Waals surface area (Å²) in [7, 11) is 0. The summed E-state index contributed by atoms with van der Waals surface area (Å²) in [5.74, 6) is 0.662. The van der Waals surface area contributed by atoms with E-state index in [1.165, 1.54) is 0 Å². The van der Waals surface area contributed by atoms with Gasteiger partial charge in [0.1, 0.15) is 5.82 Å². The van der Waals surface area contributed by atoms with Crippen molar-refractivity contribution in [1.29, 1.82) is 0 Å². The average Bonchev–Trinajstić information content (AvgIpc) is 2.86. The van der Waals surface area contributed by atoms with Crippen molar-refractivity contribution in [3.63, 3.8) is 0 Å². The Morgan fingerprint density at radius 3 is 2.42 bits per heavy atom. The van der Waals surface area contributed by atoms with Crippen LogP contribution in [0.3, 0.4) is 0 Å². The lowest BCUT2D eigenvalue weighted by atomic mass is 10.1. The number of carbonyl (C=O) groups excluding carboxylic acids is 2. The van der Waals surface area contributed by atoms with Gasteiger partial charge in [0, 0.05) is 48.3 Å². The van der Waals surface area contributed by atoms with Crippen LogP contribution in [0.5, 0.6) is 0 Å². The molecule has 33 heavy (non-hydrogen) atoms. The summed E-state index contributed by atoms with van der Waals surface area (Å²) in [4.78, 5) is 31.8. The fourth-order valence-corrected chi connectivity index (χ4v) is 3.66. The number of hydrogen-bond acceptors (Lipinski definition) is 5. The Kier molecular flexibility index (Phi) is 7.16. The standard InChI is InChI=1S/C25H27N5O3/c1-18-21(28-24(31)19-7-3-2-4-8-19)10-5-11-22(18)29-25(32)27-17-20-9-6-12-26-23(20)30-13-15-33-16-14-30/h2-12H,13-17H2,1H3,(H,28,31)(H2,27,29,32). The molecule has 0 radical (unpaired) electrons. The Labute approximate surface area is 193 Å². The number of anilines is 3. The summed E-state index contributed by atoms with van der Waals surface area (Å²) in [5.41, 5.74) is 3.55. The van der Waals surface area contributed by atoms with Crippen LogP contribution < -0.4 is 20.9 Å². The molecule has 0 aliphatic carbocycles. The second-order valence-corrected chi connectivity index (χ2v) is 7.69. The number of morpholine rings is 1. The molecule has 8 nitrogen and oxygen atoms in total. The molecule has 3 N–H and O–H groups in total. The molecule has 2 aromatic carbocycles. The molecule has 0 bridgehead atoms. The smallest absolute Gasteiger partial charge is 0.319 e. The lowest BCUT2D eigenvalue weighted by Gasteiger charge is -2.29. The number of nitrogens with zero attached hydrogens (tertiary/aromatic N) is 2. The number of benzene rings is 2. The minimum atomic E-state index is -0.332. The first-order valence-electron chi connectivity index (χ1n) is 10.9. The van der Waals surface area contributed by atoms with Crippen molar-refractivity contribution in [3.8, 4) is 0 Å². The number of hydrogen-bond donors (Lipinski definition) is 3. The summed E-state index contributed by atoms with van der Waals surface area (Å²) in [5, 5.41) is 8.69. The maximum Gasteiger partial charge on any atom is 0.319 e. The van der Waals surface area contributed by atoms with Gasteiger partial charge in [-0.15, -0.1) is 0 Å². The fraction of sp³-hybridized carbons (Fsp3) is 0.240. The number of pyridine rings is 1. The van der Waals surface area contributed by atoms with Crippen LogP contribution in [-0.4, -0.2) is 43.2 Å². The molecular weight excluding hydrogens is 418 g/mol. The lowest BCUT2D eigenvalue weighted by molar-refractivity contribution is 0.102. The van der Waals surface area contributed by atoms with E-state index >= 15 is 0 Å². The predicted octanol–water partition coefficient (Wildman–Crippen LogP) is 3.80. The zero-order chi connectivity index (χ0) is 23.0. The predicted molar refractivity (Wildman–Crippen MR) is 129 cm³/mol. The molecule has 3 aromatic rings. The van der Waals surface area contributed by atoms with Crippen LogP contribution in [0.15, 0.2) is 66.9 Å². The van der Waals surface area contributed by atoms with Gasteiger partial charge in [0.2, 0.25) is 0 Å². The first-order chi connectivity index (χ1) is 16.1. The van der Waals surface area contributed by atoms with Crippen LogP contribution in [0.2, 0.25) is 0 Å². The van der Waals surface area contributed by atoms with Crippen molar-refractivity contribution in [3.05, 3.63) is 83.6 Å². The van der Waals surface area contributed by atoms with Gasteiger partial charge in [-0.25, -0.2) is 9.78 Å². The minimum Gasteiger partial charge on any atom is -0.378 e. The zero-order valence-electron chi connectivity index (χ0n) is 18.5. The van der Waals surface area contributed by atoms with E-state index < -0.39 is 0 Å². The van der Waals surface area contributed by atoms with Gasteiger partial charge < -0.3 is 25.6 Å². The average molecular weight is 446 g/mol. The van der Waals surface area contributed by atoms with Gasteiger partial charge in [-0.05, 0) is 42.8 Å². The van der Waals surface area contributed by atoms with Crippen LogP contribution in [0.25, 0.3) is 0 Å². The van der Waals surface area contributed by atoms with Crippen molar-refractivity contribution >= 4 is 29.1 Å².